The standard InChI is InChI=1S/C41H51N/c1-7-11-13-30(9-3)22-34-20-29(6)21-38-35(23-31(10-4)14-12-8-2)25-33(27-39(34)38)32-16-18-41-37(24-32)26-36-19-28(5)15-17-40(36)42-41/h15-21,24-27,30-31H,7-14,22-23H2,1-6H3. The molecule has 0 N–H and O–H groups in total. The highest BCUT2D eigenvalue weighted by molar-refractivity contribution is 5.97. The number of fused-ring (bicyclic) bond motifs is 3. The van der Waals surface area contributed by atoms with Crippen molar-refractivity contribution < 1.29 is 0 Å². The largest absolute Gasteiger partial charge is 0.248 e. The Morgan fingerprint density at radius 2 is 1.14 bits per heavy atom. The SMILES string of the molecule is CCCCC(CC)Cc1cc(-c2ccc3nc4ccc(C)cc4cc3c2)cc2c(CC(CC)CCCC)cc(C)cc12. The average molecular weight is 558 g/mol. The molecule has 1 heteroatoms. The first kappa shape index (κ1) is 30.3. The molecule has 5 rings (SSSR count). The number of rotatable bonds is 13. The van der Waals surface area contributed by atoms with Gasteiger partial charge in [-0.05, 0) is 108 Å². The minimum Gasteiger partial charge on any atom is -0.248 e. The molecular formula is C41H51N. The van der Waals surface area contributed by atoms with Crippen molar-refractivity contribution in [3.63, 3.8) is 0 Å². The number of benzene rings is 4. The molecule has 2 atom stereocenters. The third kappa shape index (κ3) is 6.88. The first-order valence-corrected chi connectivity index (χ1v) is 16.8. The lowest BCUT2D eigenvalue weighted by molar-refractivity contribution is 0.449. The molecule has 0 amide bonds. The molecule has 0 aliphatic rings. The Morgan fingerprint density at radius 1 is 0.548 bits per heavy atom. The first-order chi connectivity index (χ1) is 20.4. The van der Waals surface area contributed by atoms with Crippen LogP contribution in [0, 0.1) is 25.7 Å². The van der Waals surface area contributed by atoms with Crippen LogP contribution in [0.2, 0.25) is 0 Å². The van der Waals surface area contributed by atoms with Gasteiger partial charge >= 0.3 is 0 Å². The molecule has 2 unspecified atom stereocenters. The summed E-state index contributed by atoms with van der Waals surface area (Å²) in [6, 6.07) is 25.7. The molecule has 0 fully saturated rings. The lowest BCUT2D eigenvalue weighted by Gasteiger charge is -2.21. The van der Waals surface area contributed by atoms with Crippen molar-refractivity contribution in [3.05, 3.63) is 89.0 Å². The molecule has 220 valence electrons. The van der Waals surface area contributed by atoms with Gasteiger partial charge in [-0.25, -0.2) is 4.98 Å². The van der Waals surface area contributed by atoms with Gasteiger partial charge in [-0.1, -0.05) is 121 Å². The maximum absolute atomic E-state index is 4.99. The Hall–Kier alpha value is -3.19. The number of hydrogen-bond donors (Lipinski definition) is 0. The third-order valence-electron chi connectivity index (χ3n) is 9.59. The van der Waals surface area contributed by atoms with Gasteiger partial charge in [0, 0.05) is 10.8 Å². The van der Waals surface area contributed by atoms with Gasteiger partial charge in [-0.3, -0.25) is 0 Å². The maximum atomic E-state index is 4.99. The molecule has 0 spiro atoms. The summed E-state index contributed by atoms with van der Waals surface area (Å²) < 4.78 is 0. The van der Waals surface area contributed by atoms with Crippen molar-refractivity contribution in [2.24, 2.45) is 11.8 Å². The zero-order valence-electron chi connectivity index (χ0n) is 27.0. The summed E-state index contributed by atoms with van der Waals surface area (Å²) in [6.07, 6.45) is 12.7. The molecule has 0 aliphatic heterocycles. The molecule has 1 nitrogen and oxygen atoms in total. The fraction of sp³-hybridized carbons (Fsp3) is 0.439. The molecule has 42 heavy (non-hydrogen) atoms. The van der Waals surface area contributed by atoms with Crippen molar-refractivity contribution >= 4 is 32.6 Å². The Morgan fingerprint density at radius 3 is 1.79 bits per heavy atom. The van der Waals surface area contributed by atoms with Gasteiger partial charge in [0.1, 0.15) is 0 Å². The molecular weight excluding hydrogens is 506 g/mol. The van der Waals surface area contributed by atoms with Gasteiger partial charge in [-0.15, -0.1) is 0 Å². The lowest BCUT2D eigenvalue weighted by atomic mass is 9.84. The van der Waals surface area contributed by atoms with Crippen LogP contribution in [0.4, 0.5) is 0 Å². The molecule has 1 aromatic heterocycles. The van der Waals surface area contributed by atoms with E-state index in [0.29, 0.717) is 0 Å². The second kappa shape index (κ2) is 13.9. The highest BCUT2D eigenvalue weighted by Crippen LogP contribution is 2.36. The zero-order chi connectivity index (χ0) is 29.6. The monoisotopic (exact) mass is 557 g/mol. The van der Waals surface area contributed by atoms with Crippen LogP contribution in [0.3, 0.4) is 0 Å². The molecule has 4 aromatic carbocycles. The molecule has 0 aliphatic carbocycles. The summed E-state index contributed by atoms with van der Waals surface area (Å²) in [5.74, 6) is 1.48. The van der Waals surface area contributed by atoms with E-state index in [-0.39, 0.29) is 0 Å². The van der Waals surface area contributed by atoms with Gasteiger partial charge in [0.2, 0.25) is 0 Å². The van der Waals surface area contributed by atoms with Crippen LogP contribution < -0.4 is 0 Å². The van der Waals surface area contributed by atoms with Crippen LogP contribution in [0.15, 0.2) is 66.7 Å². The number of pyridine rings is 1. The molecule has 0 radical (unpaired) electrons. The Bertz CT molecular complexity index is 1660. The Balaban J connectivity index is 1.66. The summed E-state index contributed by atoms with van der Waals surface area (Å²) in [4.78, 5) is 4.99. The van der Waals surface area contributed by atoms with Crippen LogP contribution in [-0.2, 0) is 12.8 Å². The summed E-state index contributed by atoms with van der Waals surface area (Å²) in [7, 11) is 0. The molecule has 0 bridgehead atoms. The van der Waals surface area contributed by atoms with E-state index in [9.17, 15) is 0 Å². The van der Waals surface area contributed by atoms with E-state index in [1.54, 1.807) is 5.56 Å². The molecule has 0 saturated carbocycles. The van der Waals surface area contributed by atoms with E-state index < -0.39 is 0 Å². The van der Waals surface area contributed by atoms with Gasteiger partial charge in [0.25, 0.3) is 0 Å². The van der Waals surface area contributed by atoms with E-state index in [4.69, 9.17) is 4.98 Å². The van der Waals surface area contributed by atoms with E-state index in [2.05, 4.69) is 108 Å². The highest BCUT2D eigenvalue weighted by atomic mass is 14.7. The van der Waals surface area contributed by atoms with E-state index in [0.717, 1.165) is 29.3 Å². The third-order valence-corrected chi connectivity index (χ3v) is 9.59. The predicted octanol–water partition coefficient (Wildman–Crippen LogP) is 12.3. The van der Waals surface area contributed by atoms with E-state index in [1.165, 1.54) is 107 Å². The second-order valence-electron chi connectivity index (χ2n) is 13.0. The van der Waals surface area contributed by atoms with Crippen molar-refractivity contribution in [2.45, 2.75) is 106 Å². The van der Waals surface area contributed by atoms with E-state index in [1.807, 2.05) is 0 Å². The van der Waals surface area contributed by atoms with Gasteiger partial charge in [0.15, 0.2) is 0 Å². The van der Waals surface area contributed by atoms with Crippen LogP contribution in [0.25, 0.3) is 43.7 Å². The van der Waals surface area contributed by atoms with Crippen LogP contribution >= 0.6 is 0 Å². The summed E-state index contributed by atoms with van der Waals surface area (Å²) in [5.41, 5.74) is 10.5. The summed E-state index contributed by atoms with van der Waals surface area (Å²) in [5, 5.41) is 5.39. The quantitative estimate of drug-likeness (QED) is 0.131. The molecule has 1 heterocycles. The maximum Gasteiger partial charge on any atom is 0.0710 e. The fourth-order valence-electron chi connectivity index (χ4n) is 6.92. The molecule has 5 aromatic rings. The van der Waals surface area contributed by atoms with Crippen molar-refractivity contribution in [1.82, 2.24) is 4.98 Å². The fourth-order valence-corrected chi connectivity index (χ4v) is 6.92. The van der Waals surface area contributed by atoms with Crippen molar-refractivity contribution in [1.29, 1.82) is 0 Å². The van der Waals surface area contributed by atoms with Crippen molar-refractivity contribution in [2.75, 3.05) is 0 Å². The first-order valence-electron chi connectivity index (χ1n) is 16.8. The highest BCUT2D eigenvalue weighted by Gasteiger charge is 2.17. The summed E-state index contributed by atoms with van der Waals surface area (Å²) >= 11 is 0. The zero-order valence-corrected chi connectivity index (χ0v) is 27.0. The minimum atomic E-state index is 0.732. The Kier molecular flexibility index (Phi) is 9.99. The smallest absolute Gasteiger partial charge is 0.0710 e. The predicted molar refractivity (Wildman–Crippen MR) is 186 cm³/mol. The van der Waals surface area contributed by atoms with Crippen molar-refractivity contribution in [3.8, 4) is 11.1 Å². The van der Waals surface area contributed by atoms with Crippen LogP contribution in [0.5, 0.6) is 0 Å². The van der Waals surface area contributed by atoms with Gasteiger partial charge in [0.05, 0.1) is 11.0 Å². The topological polar surface area (TPSA) is 12.9 Å². The van der Waals surface area contributed by atoms with Gasteiger partial charge < -0.3 is 0 Å². The number of unbranched alkanes of at least 4 members (excludes halogenated alkanes) is 2. The lowest BCUT2D eigenvalue weighted by Crippen LogP contribution is -2.07. The van der Waals surface area contributed by atoms with E-state index >= 15 is 0 Å². The summed E-state index contributed by atoms with van der Waals surface area (Å²) in [6.45, 7) is 13.9. The number of aryl methyl sites for hydroxylation is 2. The number of nitrogens with zero attached hydrogens (tertiary/aromatic N) is 1. The second-order valence-corrected chi connectivity index (χ2v) is 13.0. The number of aromatic nitrogens is 1. The number of hydrogen-bond acceptors (Lipinski definition) is 1. The Labute approximate surface area is 254 Å². The van der Waals surface area contributed by atoms with Gasteiger partial charge in [-0.2, -0.15) is 0 Å². The van der Waals surface area contributed by atoms with Crippen LogP contribution in [-0.4, -0.2) is 4.98 Å². The average Bonchev–Trinajstić information content (AvgIpc) is 2.99. The van der Waals surface area contributed by atoms with Crippen LogP contribution in [0.1, 0.15) is 101 Å². The normalized spacial score (nSPS) is 13.3. The molecule has 0 saturated heterocycles. The minimum absolute atomic E-state index is 0.732.